The van der Waals surface area contributed by atoms with E-state index in [0.29, 0.717) is 21.1 Å². The summed E-state index contributed by atoms with van der Waals surface area (Å²) in [5.74, 6) is -1.73. The first kappa shape index (κ1) is 15.1. The summed E-state index contributed by atoms with van der Waals surface area (Å²) >= 11 is 4.47. The van der Waals surface area contributed by atoms with Crippen LogP contribution in [-0.2, 0) is 16.0 Å². The van der Waals surface area contributed by atoms with Gasteiger partial charge >= 0.3 is 5.97 Å². The minimum atomic E-state index is -0.686. The summed E-state index contributed by atoms with van der Waals surface area (Å²) in [6.45, 7) is 2.01. The molecular weight excluding hydrogens is 352 g/mol. The van der Waals surface area contributed by atoms with Gasteiger partial charge in [0.2, 0.25) is 0 Å². The topological polar surface area (TPSA) is 39.2 Å². The lowest BCUT2D eigenvalue weighted by Gasteiger charge is -1.99. The van der Waals surface area contributed by atoms with Gasteiger partial charge in [-0.15, -0.1) is 11.3 Å². The first-order chi connectivity index (χ1) is 9.51. The highest BCUT2D eigenvalue weighted by atomic mass is 79.9. The number of thiazole rings is 1. The van der Waals surface area contributed by atoms with E-state index in [9.17, 15) is 13.6 Å². The lowest BCUT2D eigenvalue weighted by atomic mass is 10.2. The van der Waals surface area contributed by atoms with Gasteiger partial charge in [-0.2, -0.15) is 0 Å². The van der Waals surface area contributed by atoms with Crippen molar-refractivity contribution in [2.24, 2.45) is 0 Å². The summed E-state index contributed by atoms with van der Waals surface area (Å²) in [7, 11) is 0. The van der Waals surface area contributed by atoms with Crippen molar-refractivity contribution >= 4 is 33.2 Å². The highest BCUT2D eigenvalue weighted by molar-refractivity contribution is 9.11. The second-order valence-corrected chi connectivity index (χ2v) is 6.16. The van der Waals surface area contributed by atoms with Gasteiger partial charge in [-0.3, -0.25) is 4.79 Å². The Balaban J connectivity index is 2.28. The molecule has 0 aliphatic carbocycles. The number of hydrogen-bond donors (Lipinski definition) is 0. The number of benzene rings is 1. The third-order valence-electron chi connectivity index (χ3n) is 2.43. The van der Waals surface area contributed by atoms with Gasteiger partial charge < -0.3 is 4.74 Å². The SMILES string of the molecule is CCOC(=O)Cc1nc(-c2ccc(F)cc2F)sc1Br. The van der Waals surface area contributed by atoms with E-state index in [4.69, 9.17) is 4.74 Å². The van der Waals surface area contributed by atoms with Crippen molar-refractivity contribution in [3.63, 3.8) is 0 Å². The first-order valence-corrected chi connectivity index (χ1v) is 7.38. The molecule has 0 saturated carbocycles. The van der Waals surface area contributed by atoms with Crippen molar-refractivity contribution in [3.8, 4) is 10.6 Å². The molecular formula is C13H10BrF2NO2S. The van der Waals surface area contributed by atoms with Crippen LogP contribution in [0.3, 0.4) is 0 Å². The van der Waals surface area contributed by atoms with Crippen LogP contribution in [0.15, 0.2) is 22.0 Å². The van der Waals surface area contributed by atoms with E-state index >= 15 is 0 Å². The molecule has 106 valence electrons. The number of halogens is 3. The summed E-state index contributed by atoms with van der Waals surface area (Å²) in [4.78, 5) is 15.6. The van der Waals surface area contributed by atoms with Crippen LogP contribution in [0.1, 0.15) is 12.6 Å². The Kier molecular flexibility index (Phi) is 4.82. The fraction of sp³-hybridized carbons (Fsp3) is 0.231. The molecule has 1 aromatic heterocycles. The molecule has 0 fully saturated rings. The molecule has 0 bridgehead atoms. The van der Waals surface area contributed by atoms with Crippen LogP contribution in [-0.4, -0.2) is 17.6 Å². The molecule has 2 rings (SSSR count). The third kappa shape index (κ3) is 3.40. The van der Waals surface area contributed by atoms with Gasteiger partial charge in [-0.25, -0.2) is 13.8 Å². The van der Waals surface area contributed by atoms with Crippen molar-refractivity contribution in [2.75, 3.05) is 6.61 Å². The van der Waals surface area contributed by atoms with Gasteiger partial charge in [-0.1, -0.05) is 0 Å². The Bertz CT molecular complexity index is 645. The van der Waals surface area contributed by atoms with E-state index in [2.05, 4.69) is 20.9 Å². The molecule has 7 heteroatoms. The summed E-state index contributed by atoms with van der Waals surface area (Å²) < 4.78 is 32.0. The average Bonchev–Trinajstić information content (AvgIpc) is 2.70. The lowest BCUT2D eigenvalue weighted by Crippen LogP contribution is -2.08. The largest absolute Gasteiger partial charge is 0.466 e. The van der Waals surface area contributed by atoms with Crippen LogP contribution in [0.25, 0.3) is 10.6 Å². The molecule has 0 aliphatic heterocycles. The standard InChI is InChI=1S/C13H10BrF2NO2S/c1-2-19-11(18)6-10-12(14)20-13(17-10)8-4-3-7(15)5-9(8)16/h3-5H,2,6H2,1H3. The van der Waals surface area contributed by atoms with E-state index in [1.54, 1.807) is 6.92 Å². The van der Waals surface area contributed by atoms with Gasteiger partial charge in [0.25, 0.3) is 0 Å². The number of ether oxygens (including phenoxy) is 1. The third-order valence-corrected chi connectivity index (χ3v) is 4.29. The summed E-state index contributed by atoms with van der Waals surface area (Å²) in [6, 6.07) is 3.29. The average molecular weight is 362 g/mol. The minimum Gasteiger partial charge on any atom is -0.466 e. The smallest absolute Gasteiger partial charge is 0.311 e. The normalized spacial score (nSPS) is 10.6. The Labute approximate surface area is 126 Å². The van der Waals surface area contributed by atoms with Crippen LogP contribution in [0.5, 0.6) is 0 Å². The van der Waals surface area contributed by atoms with Gasteiger partial charge in [-0.05, 0) is 35.0 Å². The number of nitrogens with zero attached hydrogens (tertiary/aromatic N) is 1. The Morgan fingerprint density at radius 2 is 2.20 bits per heavy atom. The molecule has 0 amide bonds. The van der Waals surface area contributed by atoms with Crippen molar-refractivity contribution in [1.82, 2.24) is 4.98 Å². The van der Waals surface area contributed by atoms with Crippen LogP contribution in [0, 0.1) is 11.6 Å². The Morgan fingerprint density at radius 3 is 2.85 bits per heavy atom. The van der Waals surface area contributed by atoms with Crippen molar-refractivity contribution in [1.29, 1.82) is 0 Å². The monoisotopic (exact) mass is 361 g/mol. The van der Waals surface area contributed by atoms with Crippen LogP contribution >= 0.6 is 27.3 Å². The van der Waals surface area contributed by atoms with Crippen LogP contribution in [0.4, 0.5) is 8.78 Å². The van der Waals surface area contributed by atoms with Gasteiger partial charge in [0.05, 0.1) is 22.5 Å². The highest BCUT2D eigenvalue weighted by Gasteiger charge is 2.17. The van der Waals surface area contributed by atoms with Crippen molar-refractivity contribution < 1.29 is 18.3 Å². The molecule has 0 N–H and O–H groups in total. The molecule has 1 heterocycles. The molecule has 0 aliphatic rings. The molecule has 0 spiro atoms. The fourth-order valence-corrected chi connectivity index (χ4v) is 3.09. The predicted octanol–water partition coefficient (Wildman–Crippen LogP) is 3.96. The van der Waals surface area contributed by atoms with Crippen molar-refractivity contribution in [2.45, 2.75) is 13.3 Å². The lowest BCUT2D eigenvalue weighted by molar-refractivity contribution is -0.142. The molecule has 0 unspecified atom stereocenters. The second-order valence-electron chi connectivity index (χ2n) is 3.85. The number of hydrogen-bond acceptors (Lipinski definition) is 4. The molecule has 20 heavy (non-hydrogen) atoms. The predicted molar refractivity (Wildman–Crippen MR) is 75.5 cm³/mol. The van der Waals surface area contributed by atoms with Crippen molar-refractivity contribution in [3.05, 3.63) is 39.3 Å². The van der Waals surface area contributed by atoms with E-state index in [1.807, 2.05) is 0 Å². The van der Waals surface area contributed by atoms with Crippen LogP contribution in [0.2, 0.25) is 0 Å². The molecule has 0 radical (unpaired) electrons. The molecule has 2 aromatic rings. The Hall–Kier alpha value is -1.34. The molecule has 0 saturated heterocycles. The van der Waals surface area contributed by atoms with Gasteiger partial charge in [0.15, 0.2) is 0 Å². The summed E-state index contributed by atoms with van der Waals surface area (Å²) in [5, 5.41) is 0.383. The van der Waals surface area contributed by atoms with E-state index in [0.717, 1.165) is 6.07 Å². The summed E-state index contributed by atoms with van der Waals surface area (Å²) in [5.41, 5.74) is 0.680. The number of rotatable bonds is 4. The van der Waals surface area contributed by atoms with Crippen LogP contribution < -0.4 is 0 Å². The molecule has 0 atom stereocenters. The van der Waals surface area contributed by atoms with E-state index in [1.165, 1.54) is 23.5 Å². The molecule has 3 nitrogen and oxygen atoms in total. The fourth-order valence-electron chi connectivity index (χ4n) is 1.57. The maximum absolute atomic E-state index is 13.7. The maximum atomic E-state index is 13.7. The Morgan fingerprint density at radius 1 is 1.45 bits per heavy atom. The second kappa shape index (κ2) is 6.41. The van der Waals surface area contributed by atoms with E-state index in [-0.39, 0.29) is 12.0 Å². The zero-order valence-corrected chi connectivity index (χ0v) is 12.9. The quantitative estimate of drug-likeness (QED) is 0.773. The first-order valence-electron chi connectivity index (χ1n) is 5.77. The molecule has 1 aromatic carbocycles. The number of esters is 1. The summed E-state index contributed by atoms with van der Waals surface area (Å²) in [6.07, 6.45) is 0.00768. The van der Waals surface area contributed by atoms with Gasteiger partial charge in [0.1, 0.15) is 16.6 Å². The highest BCUT2D eigenvalue weighted by Crippen LogP contribution is 2.33. The zero-order valence-electron chi connectivity index (χ0n) is 10.5. The zero-order chi connectivity index (χ0) is 14.7. The number of aromatic nitrogens is 1. The number of carbonyl (C=O) groups excluding carboxylic acids is 1. The minimum absolute atomic E-state index is 0.00768. The maximum Gasteiger partial charge on any atom is 0.311 e. The number of carbonyl (C=O) groups is 1. The van der Waals surface area contributed by atoms with Gasteiger partial charge in [0, 0.05) is 11.6 Å². The van der Waals surface area contributed by atoms with E-state index < -0.39 is 17.6 Å².